The minimum absolute atomic E-state index is 0.393. The SMILES string of the molecule is COc1ccc(CN=C2C=C(C(N)=O)C3=NCCN3N2)cc1. The fourth-order valence-electron chi connectivity index (χ4n) is 2.33. The second-order valence-electron chi connectivity index (χ2n) is 4.94. The van der Waals surface area contributed by atoms with Crippen LogP contribution in [0.2, 0.25) is 0 Å². The van der Waals surface area contributed by atoms with Crippen LogP contribution in [0.1, 0.15) is 5.56 Å². The number of hydrogen-bond donors (Lipinski definition) is 2. The molecule has 0 saturated heterocycles. The summed E-state index contributed by atoms with van der Waals surface area (Å²) in [7, 11) is 1.63. The first-order chi connectivity index (χ1) is 10.7. The Morgan fingerprint density at radius 3 is 2.91 bits per heavy atom. The van der Waals surface area contributed by atoms with Gasteiger partial charge in [0.25, 0.3) is 5.91 Å². The van der Waals surface area contributed by atoms with E-state index in [1.165, 1.54) is 0 Å². The summed E-state index contributed by atoms with van der Waals surface area (Å²) in [5.41, 5.74) is 9.99. The maximum absolute atomic E-state index is 11.5. The van der Waals surface area contributed by atoms with Crippen molar-refractivity contribution in [2.24, 2.45) is 15.7 Å². The molecule has 2 aliphatic rings. The average molecular weight is 299 g/mol. The highest BCUT2D eigenvalue weighted by molar-refractivity contribution is 6.25. The Morgan fingerprint density at radius 2 is 2.23 bits per heavy atom. The molecule has 0 radical (unpaired) electrons. The first-order valence-corrected chi connectivity index (χ1v) is 6.95. The lowest BCUT2D eigenvalue weighted by Gasteiger charge is -2.27. The molecule has 3 N–H and O–H groups in total. The number of rotatable bonds is 4. The largest absolute Gasteiger partial charge is 0.497 e. The Kier molecular flexibility index (Phi) is 3.78. The minimum atomic E-state index is -0.496. The summed E-state index contributed by atoms with van der Waals surface area (Å²) < 4.78 is 5.12. The molecule has 0 fully saturated rings. The number of methoxy groups -OCH3 is 1. The van der Waals surface area contributed by atoms with Crippen molar-refractivity contribution < 1.29 is 9.53 Å². The number of nitrogens with two attached hydrogens (primary N) is 1. The number of amidine groups is 2. The van der Waals surface area contributed by atoms with Crippen molar-refractivity contribution in [3.8, 4) is 5.75 Å². The van der Waals surface area contributed by atoms with Crippen molar-refractivity contribution in [2.45, 2.75) is 6.54 Å². The average Bonchev–Trinajstić information content (AvgIpc) is 3.00. The van der Waals surface area contributed by atoms with Crippen LogP contribution in [0.3, 0.4) is 0 Å². The van der Waals surface area contributed by atoms with Gasteiger partial charge in [-0.2, -0.15) is 0 Å². The van der Waals surface area contributed by atoms with Crippen molar-refractivity contribution in [3.63, 3.8) is 0 Å². The molecule has 0 bridgehead atoms. The van der Waals surface area contributed by atoms with Crippen LogP contribution in [0.25, 0.3) is 0 Å². The number of fused-ring (bicyclic) bond motifs is 1. The van der Waals surface area contributed by atoms with Crippen molar-refractivity contribution in [2.75, 3.05) is 20.2 Å². The number of amides is 1. The zero-order valence-electron chi connectivity index (χ0n) is 12.2. The Balaban J connectivity index is 1.78. The van der Waals surface area contributed by atoms with Crippen molar-refractivity contribution in [3.05, 3.63) is 41.5 Å². The van der Waals surface area contributed by atoms with Crippen LogP contribution in [0.15, 0.2) is 45.9 Å². The molecule has 0 atom stereocenters. The highest BCUT2D eigenvalue weighted by Crippen LogP contribution is 2.14. The molecule has 1 aromatic rings. The zero-order valence-corrected chi connectivity index (χ0v) is 12.2. The molecule has 0 aliphatic carbocycles. The lowest BCUT2D eigenvalue weighted by atomic mass is 10.1. The van der Waals surface area contributed by atoms with Gasteiger partial charge in [-0.15, -0.1) is 0 Å². The number of aliphatic imine (C=N–C) groups is 2. The molecular formula is C15H17N5O2. The number of carbonyl (C=O) groups excluding carboxylic acids is 1. The number of nitrogens with one attached hydrogen (secondary N) is 1. The van der Waals surface area contributed by atoms with E-state index in [4.69, 9.17) is 10.5 Å². The van der Waals surface area contributed by atoms with Crippen LogP contribution >= 0.6 is 0 Å². The van der Waals surface area contributed by atoms with Crippen LogP contribution in [0.5, 0.6) is 5.75 Å². The summed E-state index contributed by atoms with van der Waals surface area (Å²) in [5, 5.41) is 1.80. The summed E-state index contributed by atoms with van der Waals surface area (Å²) in [6.07, 6.45) is 1.65. The topological polar surface area (TPSA) is 92.3 Å². The third kappa shape index (κ3) is 2.78. The Hall–Kier alpha value is -2.83. The van der Waals surface area contributed by atoms with E-state index in [-0.39, 0.29) is 0 Å². The Morgan fingerprint density at radius 1 is 1.45 bits per heavy atom. The maximum atomic E-state index is 11.5. The molecule has 7 nitrogen and oxygen atoms in total. The molecule has 2 heterocycles. The molecule has 0 spiro atoms. The second kappa shape index (κ2) is 5.88. The number of carbonyl (C=O) groups is 1. The molecule has 1 aromatic carbocycles. The predicted octanol–water partition coefficient (Wildman–Crippen LogP) is 0.238. The maximum Gasteiger partial charge on any atom is 0.252 e. The molecule has 114 valence electrons. The van der Waals surface area contributed by atoms with Crippen molar-refractivity contribution in [1.29, 1.82) is 0 Å². The van der Waals surface area contributed by atoms with Crippen LogP contribution in [0, 0.1) is 0 Å². The van der Waals surface area contributed by atoms with E-state index >= 15 is 0 Å². The van der Waals surface area contributed by atoms with E-state index in [2.05, 4.69) is 15.4 Å². The van der Waals surface area contributed by atoms with Gasteiger partial charge >= 0.3 is 0 Å². The third-order valence-electron chi connectivity index (χ3n) is 3.47. The fourth-order valence-corrected chi connectivity index (χ4v) is 2.33. The molecule has 7 heteroatoms. The van der Waals surface area contributed by atoms with Gasteiger partial charge in [0.05, 0.1) is 32.3 Å². The van der Waals surface area contributed by atoms with Gasteiger partial charge < -0.3 is 10.5 Å². The highest BCUT2D eigenvalue weighted by atomic mass is 16.5. The predicted molar refractivity (Wildman–Crippen MR) is 83.6 cm³/mol. The van der Waals surface area contributed by atoms with Crippen LogP contribution in [0.4, 0.5) is 0 Å². The second-order valence-corrected chi connectivity index (χ2v) is 4.94. The molecule has 0 unspecified atom stereocenters. The molecule has 2 aliphatic heterocycles. The summed E-state index contributed by atoms with van der Waals surface area (Å²) in [6.45, 7) is 1.83. The highest BCUT2D eigenvalue weighted by Gasteiger charge is 2.28. The summed E-state index contributed by atoms with van der Waals surface area (Å²) in [6, 6.07) is 7.68. The smallest absolute Gasteiger partial charge is 0.252 e. The van der Waals surface area contributed by atoms with Gasteiger partial charge in [0, 0.05) is 0 Å². The van der Waals surface area contributed by atoms with E-state index in [1.54, 1.807) is 18.2 Å². The number of nitrogens with zero attached hydrogens (tertiary/aromatic N) is 3. The Labute approximate surface area is 128 Å². The monoisotopic (exact) mass is 299 g/mol. The molecule has 0 aromatic heterocycles. The van der Waals surface area contributed by atoms with E-state index in [0.717, 1.165) is 11.3 Å². The van der Waals surface area contributed by atoms with E-state index in [9.17, 15) is 4.79 Å². The van der Waals surface area contributed by atoms with Gasteiger partial charge in [-0.25, -0.2) is 0 Å². The number of hydrogen-bond acceptors (Lipinski definition) is 5. The van der Waals surface area contributed by atoms with Gasteiger partial charge in [0.1, 0.15) is 11.6 Å². The fraction of sp³-hybridized carbons (Fsp3) is 0.267. The standard InChI is InChI=1S/C15H17N5O2/c1-22-11-4-2-10(3-5-11)9-18-13-8-12(14(16)21)15-17-6-7-20(15)19-13/h2-5,8H,6-7,9H2,1H3,(H2,16,21)(H,18,19). The number of ether oxygens (including phenoxy) is 1. The van der Waals surface area contributed by atoms with Crippen molar-refractivity contribution >= 4 is 17.6 Å². The quantitative estimate of drug-likeness (QED) is 0.833. The summed E-state index contributed by atoms with van der Waals surface area (Å²) in [5.74, 6) is 1.51. The van der Waals surface area contributed by atoms with Crippen LogP contribution < -0.4 is 15.9 Å². The molecular weight excluding hydrogens is 282 g/mol. The Bertz CT molecular complexity index is 676. The van der Waals surface area contributed by atoms with Crippen LogP contribution in [-0.4, -0.2) is 42.8 Å². The van der Waals surface area contributed by atoms with E-state index in [1.807, 2.05) is 24.3 Å². The summed E-state index contributed by atoms with van der Waals surface area (Å²) >= 11 is 0. The van der Waals surface area contributed by atoms with E-state index in [0.29, 0.717) is 36.9 Å². The van der Waals surface area contributed by atoms with Gasteiger partial charge in [-0.1, -0.05) is 12.1 Å². The normalized spacial score (nSPS) is 18.4. The molecule has 3 rings (SSSR count). The van der Waals surface area contributed by atoms with Crippen LogP contribution in [-0.2, 0) is 11.3 Å². The molecule has 0 saturated carbocycles. The van der Waals surface area contributed by atoms with E-state index < -0.39 is 5.91 Å². The first kappa shape index (κ1) is 14.1. The minimum Gasteiger partial charge on any atom is -0.497 e. The summed E-state index contributed by atoms with van der Waals surface area (Å²) in [4.78, 5) is 20.3. The van der Waals surface area contributed by atoms with Gasteiger partial charge in [0.2, 0.25) is 0 Å². The van der Waals surface area contributed by atoms with Gasteiger partial charge in [-0.05, 0) is 23.8 Å². The molecule has 22 heavy (non-hydrogen) atoms. The number of hydrazine groups is 1. The lowest BCUT2D eigenvalue weighted by Crippen LogP contribution is -2.49. The first-order valence-electron chi connectivity index (χ1n) is 6.95. The van der Waals surface area contributed by atoms with Gasteiger partial charge in [0.15, 0.2) is 5.84 Å². The third-order valence-corrected chi connectivity index (χ3v) is 3.47. The van der Waals surface area contributed by atoms with Crippen molar-refractivity contribution in [1.82, 2.24) is 10.4 Å². The number of primary amides is 1. The zero-order chi connectivity index (χ0) is 15.5. The van der Waals surface area contributed by atoms with Gasteiger partial charge in [-0.3, -0.25) is 25.2 Å². The molecule has 1 amide bonds. The number of benzene rings is 1. The lowest BCUT2D eigenvalue weighted by molar-refractivity contribution is -0.114.